The van der Waals surface area contributed by atoms with E-state index in [1.54, 1.807) is 74.5 Å². The zero-order chi connectivity index (χ0) is 36.5. The first-order valence-electron chi connectivity index (χ1n) is 16.6. The molecule has 1 atom stereocenters. The minimum atomic E-state index is -4.47. The maximum atomic E-state index is 13.5. The molecule has 1 unspecified atom stereocenters. The third-order valence-corrected chi connectivity index (χ3v) is 8.55. The molecule has 11 heteroatoms. The Morgan fingerprint density at radius 1 is 0.880 bits per heavy atom. The van der Waals surface area contributed by atoms with Gasteiger partial charge in [0.25, 0.3) is 5.91 Å². The van der Waals surface area contributed by atoms with Crippen LogP contribution in [-0.4, -0.2) is 43.4 Å². The van der Waals surface area contributed by atoms with Crippen LogP contribution in [-0.2, 0) is 31.7 Å². The fourth-order valence-corrected chi connectivity index (χ4v) is 6.00. The van der Waals surface area contributed by atoms with Crippen LogP contribution >= 0.6 is 0 Å². The Balaban J connectivity index is 1.44. The lowest BCUT2D eigenvalue weighted by atomic mass is 9.69. The molecule has 3 N–H and O–H groups in total. The number of allylic oxidation sites excluding steroid dienone is 3. The van der Waals surface area contributed by atoms with Gasteiger partial charge in [0.1, 0.15) is 0 Å². The van der Waals surface area contributed by atoms with Crippen LogP contribution in [0.15, 0.2) is 91.0 Å². The average Bonchev–Trinajstić information content (AvgIpc) is 3.09. The van der Waals surface area contributed by atoms with E-state index in [0.29, 0.717) is 41.0 Å². The fourth-order valence-electron chi connectivity index (χ4n) is 6.00. The molecule has 1 aliphatic carbocycles. The van der Waals surface area contributed by atoms with E-state index in [9.17, 15) is 32.3 Å². The van der Waals surface area contributed by atoms with Crippen molar-refractivity contribution in [1.82, 2.24) is 10.6 Å². The number of anilines is 1. The van der Waals surface area contributed by atoms with Crippen molar-refractivity contribution in [2.24, 2.45) is 11.3 Å². The SMILES string of the molecule is CCNC(=O)C1(C(=O)NCC)C=CC=CC1CCOC(=O)Cc1ccc(NC(=O)c2ccccc2-c2ccc(C(F)(F)F)cc2)c(C(C)C)c1. The van der Waals surface area contributed by atoms with Crippen molar-refractivity contribution >= 4 is 29.4 Å². The standard InChI is InChI=1S/C39H42F3N3O5/c1-5-43-36(48)38(37(49)44-6-2)21-10-9-11-28(38)20-22-50-34(46)24-26-14-19-33(32(23-26)25(3)4)45-35(47)31-13-8-7-12-30(31)27-15-17-29(18-16-27)39(40,41)42/h7-19,21,23,25,28H,5-6,20,22,24H2,1-4H3,(H,43,48)(H,44,49)(H,45,47). The first-order valence-corrected chi connectivity index (χ1v) is 16.6. The molecule has 50 heavy (non-hydrogen) atoms. The summed E-state index contributed by atoms with van der Waals surface area (Å²) in [5.41, 5.74) is 0.995. The predicted molar refractivity (Wildman–Crippen MR) is 186 cm³/mol. The molecule has 0 radical (unpaired) electrons. The van der Waals surface area contributed by atoms with Crippen LogP contribution in [0.1, 0.15) is 67.1 Å². The van der Waals surface area contributed by atoms with E-state index < -0.39 is 46.8 Å². The van der Waals surface area contributed by atoms with E-state index in [1.165, 1.54) is 12.1 Å². The molecule has 8 nitrogen and oxygen atoms in total. The van der Waals surface area contributed by atoms with Gasteiger partial charge in [-0.2, -0.15) is 13.2 Å². The second-order valence-electron chi connectivity index (χ2n) is 12.3. The Morgan fingerprint density at radius 3 is 2.16 bits per heavy atom. The molecule has 0 aliphatic heterocycles. The smallest absolute Gasteiger partial charge is 0.416 e. The van der Waals surface area contributed by atoms with Gasteiger partial charge >= 0.3 is 12.1 Å². The highest BCUT2D eigenvalue weighted by molar-refractivity contribution is 6.09. The number of hydrogen-bond donors (Lipinski definition) is 3. The summed E-state index contributed by atoms with van der Waals surface area (Å²) in [6.45, 7) is 8.16. The van der Waals surface area contributed by atoms with Crippen molar-refractivity contribution in [3.63, 3.8) is 0 Å². The number of esters is 1. The number of halogens is 3. The van der Waals surface area contributed by atoms with Gasteiger partial charge in [0.05, 0.1) is 18.6 Å². The normalized spacial score (nSPS) is 15.0. The topological polar surface area (TPSA) is 114 Å². The number of benzene rings is 3. The van der Waals surface area contributed by atoms with Crippen LogP contribution in [0.4, 0.5) is 18.9 Å². The van der Waals surface area contributed by atoms with Crippen LogP contribution in [0.2, 0.25) is 0 Å². The summed E-state index contributed by atoms with van der Waals surface area (Å²) in [5.74, 6) is -2.32. The van der Waals surface area contributed by atoms with E-state index in [-0.39, 0.29) is 25.4 Å². The number of nitrogens with one attached hydrogen (secondary N) is 3. The minimum absolute atomic E-state index is 0.00817. The lowest BCUT2D eigenvalue weighted by Gasteiger charge is -2.35. The van der Waals surface area contributed by atoms with Gasteiger partial charge in [-0.3, -0.25) is 19.2 Å². The Hall–Kier alpha value is -5.19. The summed E-state index contributed by atoms with van der Waals surface area (Å²) in [6, 6.07) is 16.6. The van der Waals surface area contributed by atoms with E-state index in [0.717, 1.165) is 17.7 Å². The highest BCUT2D eigenvalue weighted by Crippen LogP contribution is 2.37. The molecule has 0 heterocycles. The summed E-state index contributed by atoms with van der Waals surface area (Å²) in [5, 5.41) is 8.46. The van der Waals surface area contributed by atoms with Crippen LogP contribution in [0.3, 0.4) is 0 Å². The zero-order valence-corrected chi connectivity index (χ0v) is 28.5. The molecular weight excluding hydrogens is 647 g/mol. The number of amides is 3. The first-order chi connectivity index (χ1) is 23.8. The van der Waals surface area contributed by atoms with Gasteiger partial charge in [0.2, 0.25) is 11.8 Å². The second-order valence-corrected chi connectivity index (χ2v) is 12.3. The number of ether oxygens (including phenoxy) is 1. The van der Waals surface area contributed by atoms with E-state index >= 15 is 0 Å². The van der Waals surface area contributed by atoms with Gasteiger partial charge in [0.15, 0.2) is 5.41 Å². The minimum Gasteiger partial charge on any atom is -0.465 e. The third kappa shape index (κ3) is 8.69. The van der Waals surface area contributed by atoms with Crippen molar-refractivity contribution in [2.75, 3.05) is 25.0 Å². The highest BCUT2D eigenvalue weighted by Gasteiger charge is 2.49. The van der Waals surface area contributed by atoms with Crippen LogP contribution < -0.4 is 16.0 Å². The Bertz CT molecular complexity index is 1750. The van der Waals surface area contributed by atoms with Crippen molar-refractivity contribution in [2.45, 2.75) is 52.6 Å². The van der Waals surface area contributed by atoms with E-state index in [2.05, 4.69) is 16.0 Å². The van der Waals surface area contributed by atoms with Crippen molar-refractivity contribution in [3.05, 3.63) is 113 Å². The third-order valence-electron chi connectivity index (χ3n) is 8.55. The number of alkyl halides is 3. The van der Waals surface area contributed by atoms with Gasteiger partial charge in [-0.05, 0) is 72.7 Å². The maximum absolute atomic E-state index is 13.5. The van der Waals surface area contributed by atoms with Crippen molar-refractivity contribution in [1.29, 1.82) is 0 Å². The summed E-state index contributed by atoms with van der Waals surface area (Å²) in [7, 11) is 0. The van der Waals surface area contributed by atoms with Crippen LogP contribution in [0.25, 0.3) is 11.1 Å². The number of rotatable bonds is 13. The van der Waals surface area contributed by atoms with E-state index in [4.69, 9.17) is 4.74 Å². The number of hydrogen-bond acceptors (Lipinski definition) is 5. The molecular formula is C39H42F3N3O5. The lowest BCUT2D eigenvalue weighted by Crippen LogP contribution is -2.54. The number of carbonyl (C=O) groups is 4. The van der Waals surface area contributed by atoms with E-state index in [1.807, 2.05) is 19.9 Å². The Kier molecular flexibility index (Phi) is 12.4. The molecule has 264 valence electrons. The summed E-state index contributed by atoms with van der Waals surface area (Å²) in [4.78, 5) is 52.7. The highest BCUT2D eigenvalue weighted by atomic mass is 19.4. The fraction of sp³-hybridized carbons (Fsp3) is 0.333. The first kappa shape index (κ1) is 37.6. The van der Waals surface area contributed by atoms with Gasteiger partial charge in [-0.25, -0.2) is 0 Å². The van der Waals surface area contributed by atoms with Crippen LogP contribution in [0.5, 0.6) is 0 Å². The summed E-state index contributed by atoms with van der Waals surface area (Å²) < 4.78 is 44.9. The summed E-state index contributed by atoms with van der Waals surface area (Å²) in [6.07, 6.45) is 2.55. The molecule has 0 fully saturated rings. The van der Waals surface area contributed by atoms with Crippen molar-refractivity contribution in [3.8, 4) is 11.1 Å². The molecule has 1 aliphatic rings. The van der Waals surface area contributed by atoms with Gasteiger partial charge in [-0.15, -0.1) is 0 Å². The van der Waals surface area contributed by atoms with Gasteiger partial charge in [-0.1, -0.05) is 80.6 Å². The molecule has 3 aromatic rings. The van der Waals surface area contributed by atoms with Gasteiger partial charge in [0, 0.05) is 30.3 Å². The lowest BCUT2D eigenvalue weighted by molar-refractivity contribution is -0.145. The zero-order valence-electron chi connectivity index (χ0n) is 28.5. The second kappa shape index (κ2) is 16.5. The number of carbonyl (C=O) groups excluding carboxylic acids is 4. The Morgan fingerprint density at radius 2 is 1.54 bits per heavy atom. The molecule has 0 aromatic heterocycles. The maximum Gasteiger partial charge on any atom is 0.416 e. The molecule has 4 rings (SSSR count). The Labute approximate surface area is 290 Å². The molecule has 3 aromatic carbocycles. The molecule has 0 saturated heterocycles. The quantitative estimate of drug-likeness (QED) is 0.130. The molecule has 0 saturated carbocycles. The average molecular weight is 690 g/mol. The van der Waals surface area contributed by atoms with Crippen LogP contribution in [0, 0.1) is 11.3 Å². The van der Waals surface area contributed by atoms with Gasteiger partial charge < -0.3 is 20.7 Å². The summed E-state index contributed by atoms with van der Waals surface area (Å²) >= 11 is 0. The van der Waals surface area contributed by atoms with Crippen molar-refractivity contribution < 1.29 is 37.1 Å². The largest absolute Gasteiger partial charge is 0.465 e. The monoisotopic (exact) mass is 689 g/mol. The molecule has 3 amide bonds. The molecule has 0 bridgehead atoms. The molecule has 0 spiro atoms. The predicted octanol–water partition coefficient (Wildman–Crippen LogP) is 7.22.